The third kappa shape index (κ3) is 5.42. The molecule has 6 unspecified atom stereocenters. The number of benzene rings is 4. The molecule has 4 aromatic rings. The quantitative estimate of drug-likeness (QED) is 0.0875. The number of nitro benzene ring substituents is 1. The van der Waals surface area contributed by atoms with Gasteiger partial charge < -0.3 is 14.6 Å². The van der Waals surface area contributed by atoms with Crippen LogP contribution in [0.4, 0.5) is 17.1 Å². The fourth-order valence-electron chi connectivity index (χ4n) is 9.19. The molecule has 0 radical (unpaired) electrons. The third-order valence-corrected chi connectivity index (χ3v) is 11.8. The van der Waals surface area contributed by atoms with E-state index in [0.29, 0.717) is 21.8 Å². The van der Waals surface area contributed by atoms with Crippen molar-refractivity contribution in [2.75, 3.05) is 24.0 Å². The highest BCUT2D eigenvalue weighted by Crippen LogP contribution is 2.62. The molecular weight excluding hydrogens is 726 g/mol. The van der Waals surface area contributed by atoms with Gasteiger partial charge in [-0.25, -0.2) is 4.90 Å². The maximum absolute atomic E-state index is 15.3. The summed E-state index contributed by atoms with van der Waals surface area (Å²) in [5.41, 5.74) is 0.813. The smallest absolute Gasteiger partial charge is 0.269 e. The van der Waals surface area contributed by atoms with E-state index >= 15 is 4.79 Å². The van der Waals surface area contributed by atoms with Crippen molar-refractivity contribution in [2.24, 2.45) is 29.6 Å². The number of imide groups is 2. The summed E-state index contributed by atoms with van der Waals surface area (Å²) >= 11 is 6.39. The number of nitrogens with zero attached hydrogens (tertiary/aromatic N) is 3. The monoisotopic (exact) mass is 759 g/mol. The predicted molar refractivity (Wildman–Crippen MR) is 203 cm³/mol. The van der Waals surface area contributed by atoms with Crippen LogP contribution in [0.15, 0.2) is 109 Å². The van der Waals surface area contributed by atoms with Gasteiger partial charge in [0.1, 0.15) is 0 Å². The minimum absolute atomic E-state index is 0.0991. The zero-order chi connectivity index (χ0) is 38.8. The molecule has 12 nitrogen and oxygen atoms in total. The first-order chi connectivity index (χ1) is 26.5. The molecule has 1 N–H and O–H groups in total. The number of halogens is 1. The van der Waals surface area contributed by atoms with E-state index in [9.17, 15) is 29.6 Å². The predicted octanol–water partition coefficient (Wildman–Crippen LogP) is 6.88. The summed E-state index contributed by atoms with van der Waals surface area (Å²) in [6.45, 7) is 0. The second-order valence-electron chi connectivity index (χ2n) is 14.1. The van der Waals surface area contributed by atoms with Gasteiger partial charge in [0, 0.05) is 23.1 Å². The molecule has 2 heterocycles. The Morgan fingerprint density at radius 3 is 2.16 bits per heavy atom. The molecule has 4 aliphatic rings. The minimum atomic E-state index is -1.47. The van der Waals surface area contributed by atoms with Crippen LogP contribution in [0.25, 0.3) is 6.08 Å². The summed E-state index contributed by atoms with van der Waals surface area (Å²) in [6.07, 6.45) is 5.86. The van der Waals surface area contributed by atoms with E-state index in [-0.39, 0.29) is 41.5 Å². The van der Waals surface area contributed by atoms with Gasteiger partial charge in [-0.05, 0) is 72.4 Å². The number of carbonyl (C=O) groups excluding carboxylic acids is 4. The number of phenolic OH excluding ortho intramolecular Hbond substituents is 1. The first-order valence-electron chi connectivity index (χ1n) is 17.7. The molecule has 4 aromatic carbocycles. The summed E-state index contributed by atoms with van der Waals surface area (Å²) in [4.78, 5) is 71.8. The van der Waals surface area contributed by atoms with Crippen LogP contribution in [0.1, 0.15) is 24.0 Å². The van der Waals surface area contributed by atoms with Crippen molar-refractivity contribution in [3.8, 4) is 17.2 Å². The summed E-state index contributed by atoms with van der Waals surface area (Å²) in [5, 5.41) is 22.3. The van der Waals surface area contributed by atoms with Gasteiger partial charge in [-0.1, -0.05) is 71.8 Å². The van der Waals surface area contributed by atoms with Gasteiger partial charge >= 0.3 is 0 Å². The van der Waals surface area contributed by atoms with Crippen LogP contribution >= 0.6 is 11.6 Å². The molecule has 2 aliphatic heterocycles. The number of methoxy groups -OCH3 is 2. The van der Waals surface area contributed by atoms with E-state index in [1.807, 2.05) is 42.5 Å². The van der Waals surface area contributed by atoms with Gasteiger partial charge in [-0.15, -0.1) is 0 Å². The molecule has 3 fully saturated rings. The van der Waals surface area contributed by atoms with E-state index < -0.39 is 63.6 Å². The van der Waals surface area contributed by atoms with Crippen LogP contribution in [0.5, 0.6) is 17.2 Å². The number of amides is 4. The van der Waals surface area contributed by atoms with Gasteiger partial charge in [0.05, 0.1) is 53.7 Å². The van der Waals surface area contributed by atoms with E-state index in [1.165, 1.54) is 43.4 Å². The summed E-state index contributed by atoms with van der Waals surface area (Å²) in [5.74, 6) is -5.62. The Bertz CT molecular complexity index is 2320. The molecular formula is C42H34ClN3O9. The number of carbonyl (C=O) groups is 4. The molecule has 6 atom stereocenters. The van der Waals surface area contributed by atoms with Crippen molar-refractivity contribution in [1.82, 2.24) is 0 Å². The standard InChI is InChI=1S/C42H34ClN3O9/c1-54-34-19-23(20-35(55-2)37(34)47)11-18-32-29-16-17-30-36(40(50)44(38(30)48)26-12-14-27(15-13-26)46(52)53)31(29)22-33-39(49)45(28-10-6-9-25(43)21-28)41(51)42(32,33)24-7-4-3-5-8-24/h3-16,18-21,30-33,36,47H,17,22H2,1-2H3. The molecule has 0 spiro atoms. The first kappa shape index (κ1) is 35.7. The number of hydrogen-bond acceptors (Lipinski definition) is 9. The molecule has 0 aromatic heterocycles. The molecule has 278 valence electrons. The molecule has 4 amide bonds. The Hall–Kier alpha value is -6.27. The van der Waals surface area contributed by atoms with E-state index in [4.69, 9.17) is 21.1 Å². The van der Waals surface area contributed by atoms with Crippen molar-refractivity contribution >= 4 is 58.4 Å². The zero-order valence-electron chi connectivity index (χ0n) is 29.6. The second kappa shape index (κ2) is 13.5. The lowest BCUT2D eigenvalue weighted by Gasteiger charge is -2.49. The number of fused-ring (bicyclic) bond motifs is 4. The first-order valence-corrected chi connectivity index (χ1v) is 18.0. The van der Waals surface area contributed by atoms with Gasteiger partial charge in [-0.3, -0.25) is 34.2 Å². The van der Waals surface area contributed by atoms with E-state index in [0.717, 1.165) is 10.5 Å². The Balaban J connectivity index is 1.31. The number of non-ortho nitro benzene ring substituents is 1. The molecule has 2 aliphatic carbocycles. The lowest BCUT2D eigenvalue weighted by molar-refractivity contribution is -0.384. The maximum Gasteiger partial charge on any atom is 0.269 e. The van der Waals surface area contributed by atoms with Crippen LogP contribution in [0.2, 0.25) is 5.02 Å². The van der Waals surface area contributed by atoms with Crippen molar-refractivity contribution in [1.29, 1.82) is 0 Å². The number of hydrogen-bond donors (Lipinski definition) is 1. The Kier molecular flexibility index (Phi) is 8.80. The number of allylic oxidation sites excluding steroid dienone is 3. The fourth-order valence-corrected chi connectivity index (χ4v) is 9.37. The van der Waals surface area contributed by atoms with Crippen molar-refractivity contribution in [2.45, 2.75) is 18.3 Å². The molecule has 55 heavy (non-hydrogen) atoms. The van der Waals surface area contributed by atoms with Crippen molar-refractivity contribution in [3.05, 3.63) is 135 Å². The number of phenols is 1. The summed E-state index contributed by atoms with van der Waals surface area (Å²) < 4.78 is 10.8. The zero-order valence-corrected chi connectivity index (χ0v) is 30.4. The number of anilines is 2. The van der Waals surface area contributed by atoms with Crippen LogP contribution in [0, 0.1) is 39.7 Å². The van der Waals surface area contributed by atoms with E-state index in [1.54, 1.807) is 42.5 Å². The topological polar surface area (TPSA) is 157 Å². The molecule has 0 bridgehead atoms. The van der Waals surface area contributed by atoms with Crippen LogP contribution in [-0.4, -0.2) is 47.9 Å². The molecule has 2 saturated heterocycles. The van der Waals surface area contributed by atoms with Gasteiger partial charge in [0.2, 0.25) is 29.4 Å². The highest BCUT2D eigenvalue weighted by atomic mass is 35.5. The minimum Gasteiger partial charge on any atom is -0.502 e. The second-order valence-corrected chi connectivity index (χ2v) is 14.5. The van der Waals surface area contributed by atoms with Crippen molar-refractivity contribution < 1.29 is 38.7 Å². The average Bonchev–Trinajstić information content (AvgIpc) is 3.58. The molecule has 8 rings (SSSR count). The van der Waals surface area contributed by atoms with Gasteiger partial charge in [0.15, 0.2) is 11.5 Å². The third-order valence-electron chi connectivity index (χ3n) is 11.5. The number of aromatic hydroxyl groups is 1. The summed E-state index contributed by atoms with van der Waals surface area (Å²) in [6, 6.07) is 24.2. The van der Waals surface area contributed by atoms with Gasteiger partial charge in [0.25, 0.3) is 5.69 Å². The molecule has 1 saturated carbocycles. The fraction of sp³-hybridized carbons (Fsp3) is 0.238. The normalized spacial score (nSPS) is 25.8. The van der Waals surface area contributed by atoms with E-state index in [2.05, 4.69) is 0 Å². The highest BCUT2D eigenvalue weighted by molar-refractivity contribution is 6.32. The maximum atomic E-state index is 15.3. The average molecular weight is 760 g/mol. The summed E-state index contributed by atoms with van der Waals surface area (Å²) in [7, 11) is 2.83. The Morgan fingerprint density at radius 2 is 1.53 bits per heavy atom. The van der Waals surface area contributed by atoms with Crippen molar-refractivity contribution in [3.63, 3.8) is 0 Å². The highest BCUT2D eigenvalue weighted by Gasteiger charge is 2.69. The Morgan fingerprint density at radius 1 is 0.836 bits per heavy atom. The van der Waals surface area contributed by atoms with Gasteiger partial charge in [-0.2, -0.15) is 0 Å². The largest absolute Gasteiger partial charge is 0.502 e. The van der Waals surface area contributed by atoms with Crippen LogP contribution < -0.4 is 19.3 Å². The van der Waals surface area contributed by atoms with Crippen LogP contribution in [0.3, 0.4) is 0 Å². The number of nitro groups is 1. The number of ether oxygens (including phenoxy) is 2. The SMILES string of the molecule is COc1cc(C=CC2C3=CCC4C(=O)N(c5ccc([N+](=O)[O-])cc5)C(=O)C4C3CC3C(=O)N(c4cccc(Cl)c4)C(=O)C23c2ccccc2)cc(OC)c1O. The number of rotatable bonds is 8. The van der Waals surface area contributed by atoms with Crippen LogP contribution in [-0.2, 0) is 24.6 Å². The lowest BCUT2D eigenvalue weighted by Crippen LogP contribution is -2.54. The molecule has 13 heteroatoms. The Labute approximate surface area is 320 Å². The lowest BCUT2D eigenvalue weighted by atomic mass is 9.50.